The molecule has 2 unspecified atom stereocenters. The molecule has 1 aromatic carbocycles. The number of ether oxygens (including phenoxy) is 2. The van der Waals surface area contributed by atoms with Gasteiger partial charge in [0, 0.05) is 13.0 Å². The highest BCUT2D eigenvalue weighted by molar-refractivity contribution is 5.42. The molecule has 0 aromatic heterocycles. The van der Waals surface area contributed by atoms with E-state index in [0.29, 0.717) is 12.1 Å². The van der Waals surface area contributed by atoms with Crippen LogP contribution in [0.1, 0.15) is 17.2 Å². The second-order valence-corrected chi connectivity index (χ2v) is 4.11. The third-order valence-electron chi connectivity index (χ3n) is 3.28. The molecule has 1 aromatic rings. The van der Waals surface area contributed by atoms with Gasteiger partial charge in [0.25, 0.3) is 0 Å². The smallest absolute Gasteiger partial charge is 0.119 e. The molecule has 1 fully saturated rings. The van der Waals surface area contributed by atoms with Crippen LogP contribution < -0.4 is 10.1 Å². The van der Waals surface area contributed by atoms with Gasteiger partial charge >= 0.3 is 0 Å². The third kappa shape index (κ3) is 1.43. The zero-order valence-electron chi connectivity index (χ0n) is 8.82. The summed E-state index contributed by atoms with van der Waals surface area (Å²) in [5.41, 5.74) is 2.74. The van der Waals surface area contributed by atoms with E-state index < -0.39 is 0 Å². The van der Waals surface area contributed by atoms with Crippen LogP contribution in [0.4, 0.5) is 0 Å². The van der Waals surface area contributed by atoms with Crippen LogP contribution in [0, 0.1) is 0 Å². The number of hydrogen-bond acceptors (Lipinski definition) is 3. The van der Waals surface area contributed by atoms with Crippen molar-refractivity contribution in [2.75, 3.05) is 20.3 Å². The molecule has 2 aliphatic rings. The highest BCUT2D eigenvalue weighted by atomic mass is 16.5. The lowest BCUT2D eigenvalue weighted by Gasteiger charge is -2.27. The van der Waals surface area contributed by atoms with Crippen LogP contribution in [0.2, 0.25) is 0 Å². The first-order valence-corrected chi connectivity index (χ1v) is 5.40. The van der Waals surface area contributed by atoms with Gasteiger partial charge in [0.2, 0.25) is 0 Å². The Bertz CT molecular complexity index is 378. The lowest BCUT2D eigenvalue weighted by molar-refractivity contribution is 0.00503. The Morgan fingerprint density at radius 1 is 1.47 bits per heavy atom. The Labute approximate surface area is 89.4 Å². The lowest BCUT2D eigenvalue weighted by Crippen LogP contribution is -2.39. The van der Waals surface area contributed by atoms with Crippen molar-refractivity contribution in [2.45, 2.75) is 18.6 Å². The molecule has 1 saturated heterocycles. The highest BCUT2D eigenvalue weighted by Crippen LogP contribution is 2.36. The first-order valence-electron chi connectivity index (χ1n) is 5.40. The van der Waals surface area contributed by atoms with E-state index in [1.807, 2.05) is 6.07 Å². The molecular formula is C12H15NO2. The molecule has 0 bridgehead atoms. The summed E-state index contributed by atoms with van der Waals surface area (Å²) in [5, 5.41) is 3.51. The predicted molar refractivity (Wildman–Crippen MR) is 57.2 cm³/mol. The normalized spacial score (nSPS) is 28.3. The summed E-state index contributed by atoms with van der Waals surface area (Å²) in [6.07, 6.45) is 1.32. The molecule has 3 rings (SSSR count). The predicted octanol–water partition coefficient (Wildman–Crippen LogP) is 1.28. The quantitative estimate of drug-likeness (QED) is 0.749. The minimum absolute atomic E-state index is 0.320. The third-order valence-corrected chi connectivity index (χ3v) is 3.28. The number of hydrogen-bond donors (Lipinski definition) is 1. The summed E-state index contributed by atoms with van der Waals surface area (Å²) in [4.78, 5) is 0. The average Bonchev–Trinajstić information content (AvgIpc) is 2.66. The molecule has 1 aliphatic carbocycles. The molecule has 0 radical (unpaired) electrons. The molecule has 1 N–H and O–H groups in total. The summed E-state index contributed by atoms with van der Waals surface area (Å²) >= 11 is 0. The monoisotopic (exact) mass is 205 g/mol. The second kappa shape index (κ2) is 3.51. The van der Waals surface area contributed by atoms with Gasteiger partial charge in [-0.25, -0.2) is 0 Å². The van der Waals surface area contributed by atoms with Crippen molar-refractivity contribution in [3.05, 3.63) is 29.3 Å². The highest BCUT2D eigenvalue weighted by Gasteiger charge is 2.35. The van der Waals surface area contributed by atoms with Crippen molar-refractivity contribution in [1.29, 1.82) is 0 Å². The summed E-state index contributed by atoms with van der Waals surface area (Å²) in [7, 11) is 1.71. The first-order chi connectivity index (χ1) is 7.38. The molecule has 0 amide bonds. The van der Waals surface area contributed by atoms with E-state index in [-0.39, 0.29) is 0 Å². The maximum atomic E-state index is 5.75. The summed E-state index contributed by atoms with van der Waals surface area (Å²) < 4.78 is 11.0. The second-order valence-electron chi connectivity index (χ2n) is 4.11. The number of morpholine rings is 1. The van der Waals surface area contributed by atoms with Crippen molar-refractivity contribution in [3.63, 3.8) is 0 Å². The van der Waals surface area contributed by atoms with Crippen molar-refractivity contribution >= 4 is 0 Å². The van der Waals surface area contributed by atoms with Crippen molar-refractivity contribution in [1.82, 2.24) is 5.32 Å². The fraction of sp³-hybridized carbons (Fsp3) is 0.500. The van der Waals surface area contributed by atoms with E-state index >= 15 is 0 Å². The number of nitrogens with one attached hydrogen (secondary N) is 1. The van der Waals surface area contributed by atoms with Gasteiger partial charge in [-0.15, -0.1) is 0 Å². The molecule has 1 aliphatic heterocycles. The summed E-state index contributed by atoms with van der Waals surface area (Å²) in [6.45, 7) is 1.78. The van der Waals surface area contributed by atoms with Gasteiger partial charge < -0.3 is 14.8 Å². The van der Waals surface area contributed by atoms with Crippen LogP contribution >= 0.6 is 0 Å². The molecule has 1 heterocycles. The van der Waals surface area contributed by atoms with Crippen LogP contribution in [0.25, 0.3) is 0 Å². The Kier molecular flexibility index (Phi) is 2.15. The molecule has 2 atom stereocenters. The van der Waals surface area contributed by atoms with Crippen LogP contribution in [-0.2, 0) is 11.2 Å². The summed E-state index contributed by atoms with van der Waals surface area (Å²) in [5.74, 6) is 0.937. The molecule has 3 nitrogen and oxygen atoms in total. The van der Waals surface area contributed by atoms with E-state index in [9.17, 15) is 0 Å². The zero-order chi connectivity index (χ0) is 10.3. The zero-order valence-corrected chi connectivity index (χ0v) is 8.82. The molecule has 0 spiro atoms. The molecule has 80 valence electrons. The van der Waals surface area contributed by atoms with E-state index in [4.69, 9.17) is 9.47 Å². The standard InChI is InChI=1S/C12H15NO2/c1-14-9-2-3-10-8(6-9)7-11-12(10)13-4-5-15-11/h2-3,6,11-13H,4-5,7H2,1H3. The number of benzene rings is 1. The lowest BCUT2D eigenvalue weighted by atomic mass is 10.1. The van der Waals surface area contributed by atoms with Crippen LogP contribution in [0.15, 0.2) is 18.2 Å². The minimum Gasteiger partial charge on any atom is -0.497 e. The van der Waals surface area contributed by atoms with E-state index in [1.165, 1.54) is 11.1 Å². The largest absolute Gasteiger partial charge is 0.497 e. The van der Waals surface area contributed by atoms with Crippen LogP contribution in [0.5, 0.6) is 5.75 Å². The fourth-order valence-corrected chi connectivity index (χ4v) is 2.55. The van der Waals surface area contributed by atoms with E-state index in [2.05, 4.69) is 17.4 Å². The van der Waals surface area contributed by atoms with Gasteiger partial charge in [-0.3, -0.25) is 0 Å². The maximum absolute atomic E-state index is 5.75. The number of rotatable bonds is 1. The van der Waals surface area contributed by atoms with Gasteiger partial charge in [0.05, 0.1) is 25.9 Å². The van der Waals surface area contributed by atoms with E-state index in [0.717, 1.165) is 25.3 Å². The number of methoxy groups -OCH3 is 1. The topological polar surface area (TPSA) is 30.5 Å². The van der Waals surface area contributed by atoms with Gasteiger partial charge in [-0.2, -0.15) is 0 Å². The van der Waals surface area contributed by atoms with Crippen LogP contribution in [-0.4, -0.2) is 26.4 Å². The Balaban J connectivity index is 1.96. The number of fused-ring (bicyclic) bond motifs is 3. The van der Waals surface area contributed by atoms with Crippen molar-refractivity contribution in [2.24, 2.45) is 0 Å². The molecular weight excluding hydrogens is 190 g/mol. The minimum atomic E-state index is 0.320. The molecule has 0 saturated carbocycles. The Morgan fingerprint density at radius 3 is 3.27 bits per heavy atom. The van der Waals surface area contributed by atoms with Gasteiger partial charge in [-0.1, -0.05) is 6.07 Å². The Morgan fingerprint density at radius 2 is 2.40 bits per heavy atom. The average molecular weight is 205 g/mol. The van der Waals surface area contributed by atoms with E-state index in [1.54, 1.807) is 7.11 Å². The van der Waals surface area contributed by atoms with Crippen molar-refractivity contribution in [3.8, 4) is 5.75 Å². The van der Waals surface area contributed by atoms with Crippen LogP contribution in [0.3, 0.4) is 0 Å². The van der Waals surface area contributed by atoms with Gasteiger partial charge in [-0.05, 0) is 23.3 Å². The fourth-order valence-electron chi connectivity index (χ4n) is 2.55. The van der Waals surface area contributed by atoms with Gasteiger partial charge in [0.1, 0.15) is 5.75 Å². The maximum Gasteiger partial charge on any atom is 0.119 e. The Hall–Kier alpha value is -1.06. The first kappa shape index (κ1) is 9.19. The van der Waals surface area contributed by atoms with Crippen molar-refractivity contribution < 1.29 is 9.47 Å². The SMILES string of the molecule is COc1ccc2c(c1)CC1OCCNC21. The molecule has 3 heteroatoms. The van der Waals surface area contributed by atoms with Gasteiger partial charge in [0.15, 0.2) is 0 Å². The summed E-state index contributed by atoms with van der Waals surface area (Å²) in [6, 6.07) is 6.69. The molecule has 15 heavy (non-hydrogen) atoms.